The van der Waals surface area contributed by atoms with E-state index in [0.29, 0.717) is 34.6 Å². The van der Waals surface area contributed by atoms with Gasteiger partial charge in [-0.25, -0.2) is 0 Å². The molecule has 0 saturated carbocycles. The Morgan fingerprint density at radius 2 is 1.23 bits per heavy atom. The summed E-state index contributed by atoms with van der Waals surface area (Å²) in [6.45, 7) is 0. The molecule has 0 bridgehead atoms. The van der Waals surface area contributed by atoms with E-state index in [2.05, 4.69) is 31.9 Å². The number of Topliss-reactive ketones (excluding diaryl/α,β-unsaturated/α-hetero) is 1. The van der Waals surface area contributed by atoms with Crippen LogP contribution in [0.1, 0.15) is 24.0 Å². The average molecular weight is 428 g/mol. The van der Waals surface area contributed by atoms with Crippen LogP contribution >= 0.6 is 31.9 Å². The molecule has 2 N–H and O–H groups in total. The number of carbonyl (C=O) groups is 1. The highest BCUT2D eigenvalue weighted by molar-refractivity contribution is 9.11. The molecule has 0 radical (unpaired) electrons. The second-order valence-electron chi connectivity index (χ2n) is 5.04. The smallest absolute Gasteiger partial charge is 0.133 e. The molecular weight excluding hydrogens is 412 g/mol. The van der Waals surface area contributed by atoms with Gasteiger partial charge in [0.05, 0.1) is 8.95 Å². The Balaban J connectivity index is 1.88. The number of aryl methyl sites for hydroxylation is 2. The fourth-order valence-corrected chi connectivity index (χ4v) is 3.12. The van der Waals surface area contributed by atoms with Crippen LogP contribution in [-0.4, -0.2) is 16.0 Å². The highest BCUT2D eigenvalue weighted by Gasteiger charge is 2.10. The monoisotopic (exact) mass is 426 g/mol. The van der Waals surface area contributed by atoms with Gasteiger partial charge in [0.2, 0.25) is 0 Å². The van der Waals surface area contributed by atoms with Crippen molar-refractivity contribution >= 4 is 37.6 Å². The molecule has 2 aromatic carbocycles. The van der Waals surface area contributed by atoms with Crippen molar-refractivity contribution in [1.29, 1.82) is 0 Å². The first-order valence-electron chi connectivity index (χ1n) is 6.93. The third kappa shape index (κ3) is 4.34. The minimum absolute atomic E-state index is 0.158. The second-order valence-corrected chi connectivity index (χ2v) is 6.63. The first-order chi connectivity index (χ1) is 10.5. The van der Waals surface area contributed by atoms with Gasteiger partial charge in [0, 0.05) is 12.8 Å². The van der Waals surface area contributed by atoms with Gasteiger partial charge in [0.1, 0.15) is 17.3 Å². The Hall–Kier alpha value is -1.33. The van der Waals surface area contributed by atoms with Gasteiger partial charge in [-0.2, -0.15) is 0 Å². The molecule has 0 aliphatic heterocycles. The van der Waals surface area contributed by atoms with Crippen LogP contribution in [-0.2, 0) is 17.6 Å². The summed E-state index contributed by atoms with van der Waals surface area (Å²) in [6, 6.07) is 10.5. The number of hydrogen-bond acceptors (Lipinski definition) is 3. The van der Waals surface area contributed by atoms with Crippen molar-refractivity contribution in [1.82, 2.24) is 0 Å². The van der Waals surface area contributed by atoms with Gasteiger partial charge in [-0.1, -0.05) is 24.3 Å². The Labute approximate surface area is 146 Å². The van der Waals surface area contributed by atoms with Crippen LogP contribution in [0.2, 0.25) is 0 Å². The zero-order valence-electron chi connectivity index (χ0n) is 11.9. The Bertz CT molecular complexity index is 626. The van der Waals surface area contributed by atoms with E-state index >= 15 is 0 Å². The Morgan fingerprint density at radius 3 is 1.64 bits per heavy atom. The van der Waals surface area contributed by atoms with Crippen molar-refractivity contribution in [2.24, 2.45) is 0 Å². The summed E-state index contributed by atoms with van der Waals surface area (Å²) in [5, 5.41) is 19.2. The van der Waals surface area contributed by atoms with Crippen molar-refractivity contribution in [2.75, 3.05) is 0 Å². The number of phenols is 2. The molecule has 0 aromatic heterocycles. The van der Waals surface area contributed by atoms with Crippen molar-refractivity contribution < 1.29 is 15.0 Å². The number of hydrogen-bond donors (Lipinski definition) is 2. The van der Waals surface area contributed by atoms with Gasteiger partial charge in [-0.05, 0) is 68.0 Å². The summed E-state index contributed by atoms with van der Waals surface area (Å²) < 4.78 is 1.30. The number of carbonyl (C=O) groups excluding carboxylic acids is 1. The maximum Gasteiger partial charge on any atom is 0.133 e. The summed E-state index contributed by atoms with van der Waals surface area (Å²) in [5.74, 6) is 0.535. The van der Waals surface area contributed by atoms with E-state index in [-0.39, 0.29) is 17.3 Å². The summed E-state index contributed by atoms with van der Waals surface area (Å²) in [6.07, 6.45) is 2.04. The largest absolute Gasteiger partial charge is 0.507 e. The van der Waals surface area contributed by atoms with Gasteiger partial charge in [-0.3, -0.25) is 4.79 Å². The van der Waals surface area contributed by atoms with Crippen molar-refractivity contribution in [3.05, 3.63) is 56.5 Å². The van der Waals surface area contributed by atoms with Crippen LogP contribution in [0.4, 0.5) is 0 Å². The molecule has 5 heteroatoms. The first kappa shape index (κ1) is 17.0. The van der Waals surface area contributed by atoms with E-state index in [1.165, 1.54) is 0 Å². The van der Waals surface area contributed by atoms with E-state index < -0.39 is 0 Å². The molecule has 116 valence electrons. The van der Waals surface area contributed by atoms with Crippen LogP contribution in [0.3, 0.4) is 0 Å². The quantitative estimate of drug-likeness (QED) is 0.698. The summed E-state index contributed by atoms with van der Waals surface area (Å²) in [7, 11) is 0. The molecule has 0 aliphatic rings. The summed E-state index contributed by atoms with van der Waals surface area (Å²) in [4.78, 5) is 12.0. The predicted molar refractivity (Wildman–Crippen MR) is 93.3 cm³/mol. The number of halogens is 2. The molecule has 0 saturated heterocycles. The van der Waals surface area contributed by atoms with Crippen molar-refractivity contribution in [3.63, 3.8) is 0 Å². The fraction of sp³-hybridized carbons (Fsp3) is 0.235. The average Bonchev–Trinajstić information content (AvgIpc) is 2.50. The SMILES string of the molecule is O=C(CCc1cccc(O)c1Br)CCc1cccc(O)c1Br. The number of ketones is 1. The van der Waals surface area contributed by atoms with Gasteiger partial charge in [-0.15, -0.1) is 0 Å². The van der Waals surface area contributed by atoms with E-state index in [1.807, 2.05) is 12.1 Å². The molecule has 0 unspecified atom stereocenters. The van der Waals surface area contributed by atoms with Crippen LogP contribution in [0, 0.1) is 0 Å². The standard InChI is InChI=1S/C17H16Br2O3/c18-16-11(3-1-5-14(16)21)7-9-13(20)10-8-12-4-2-6-15(22)17(12)19/h1-6,21-22H,7-10H2. The zero-order valence-corrected chi connectivity index (χ0v) is 15.0. The lowest BCUT2D eigenvalue weighted by Crippen LogP contribution is -2.03. The lowest BCUT2D eigenvalue weighted by molar-refractivity contribution is -0.119. The van der Waals surface area contributed by atoms with E-state index in [4.69, 9.17) is 0 Å². The van der Waals surface area contributed by atoms with Gasteiger partial charge in [0.15, 0.2) is 0 Å². The van der Waals surface area contributed by atoms with Crippen molar-refractivity contribution in [2.45, 2.75) is 25.7 Å². The topological polar surface area (TPSA) is 57.5 Å². The van der Waals surface area contributed by atoms with E-state index in [9.17, 15) is 15.0 Å². The minimum atomic E-state index is 0.158. The molecule has 22 heavy (non-hydrogen) atoms. The maximum absolute atomic E-state index is 12.0. The summed E-state index contributed by atoms with van der Waals surface area (Å²) in [5.41, 5.74) is 1.85. The molecule has 0 aliphatic carbocycles. The number of benzene rings is 2. The minimum Gasteiger partial charge on any atom is -0.507 e. The number of phenolic OH excluding ortho intramolecular Hbond substituents is 2. The maximum atomic E-state index is 12.0. The van der Waals surface area contributed by atoms with Crippen molar-refractivity contribution in [3.8, 4) is 11.5 Å². The third-order valence-corrected chi connectivity index (χ3v) is 5.29. The molecule has 0 heterocycles. The van der Waals surface area contributed by atoms with Gasteiger partial charge >= 0.3 is 0 Å². The van der Waals surface area contributed by atoms with Gasteiger partial charge < -0.3 is 10.2 Å². The lowest BCUT2D eigenvalue weighted by atomic mass is 10.0. The van der Waals surface area contributed by atoms with Crippen LogP contribution < -0.4 is 0 Å². The predicted octanol–water partition coefficient (Wildman–Crippen LogP) is 4.76. The molecule has 0 amide bonds. The van der Waals surface area contributed by atoms with E-state index in [1.54, 1.807) is 24.3 Å². The molecule has 2 rings (SSSR count). The molecule has 2 aromatic rings. The van der Waals surface area contributed by atoms with Crippen LogP contribution in [0.25, 0.3) is 0 Å². The number of aromatic hydroxyl groups is 2. The highest BCUT2D eigenvalue weighted by atomic mass is 79.9. The highest BCUT2D eigenvalue weighted by Crippen LogP contribution is 2.29. The molecule has 0 spiro atoms. The molecular formula is C17H16Br2O3. The first-order valence-corrected chi connectivity index (χ1v) is 8.52. The van der Waals surface area contributed by atoms with Gasteiger partial charge in [0.25, 0.3) is 0 Å². The van der Waals surface area contributed by atoms with Crippen LogP contribution in [0.15, 0.2) is 45.3 Å². The Kier molecular flexibility index (Phi) is 6.03. The molecule has 0 fully saturated rings. The zero-order chi connectivity index (χ0) is 16.1. The molecule has 0 atom stereocenters. The third-order valence-electron chi connectivity index (χ3n) is 3.46. The Morgan fingerprint density at radius 1 is 0.818 bits per heavy atom. The second kappa shape index (κ2) is 7.79. The molecule has 3 nitrogen and oxygen atoms in total. The number of rotatable bonds is 6. The normalized spacial score (nSPS) is 10.6. The van der Waals surface area contributed by atoms with E-state index in [0.717, 1.165) is 11.1 Å². The summed E-state index contributed by atoms with van der Waals surface area (Å²) >= 11 is 6.66. The van der Waals surface area contributed by atoms with Crippen LogP contribution in [0.5, 0.6) is 11.5 Å². The lowest BCUT2D eigenvalue weighted by Gasteiger charge is -2.07. The fourth-order valence-electron chi connectivity index (χ4n) is 2.19.